The van der Waals surface area contributed by atoms with E-state index in [1.54, 1.807) is 55.6 Å². The summed E-state index contributed by atoms with van der Waals surface area (Å²) in [6, 6.07) is 12.9. The maximum absolute atomic E-state index is 13.5. The second-order valence-corrected chi connectivity index (χ2v) is 11.7. The van der Waals surface area contributed by atoms with Crippen molar-refractivity contribution in [3.63, 3.8) is 0 Å². The van der Waals surface area contributed by atoms with Crippen molar-refractivity contribution in [2.75, 3.05) is 43.4 Å². The van der Waals surface area contributed by atoms with Crippen LogP contribution in [-0.4, -0.2) is 71.0 Å². The van der Waals surface area contributed by atoms with Crippen LogP contribution in [0.5, 0.6) is 0 Å². The molecule has 200 valence electrons. The molecule has 1 saturated heterocycles. The lowest BCUT2D eigenvalue weighted by Crippen LogP contribution is -2.51. The van der Waals surface area contributed by atoms with Crippen LogP contribution in [0.15, 0.2) is 71.8 Å². The average Bonchev–Trinajstić information content (AvgIpc) is 3.39. The summed E-state index contributed by atoms with van der Waals surface area (Å²) < 4.78 is 41.4. The normalized spacial score (nSPS) is 18.0. The Morgan fingerprint density at radius 2 is 1.68 bits per heavy atom. The van der Waals surface area contributed by atoms with Gasteiger partial charge in [0.2, 0.25) is 16.0 Å². The van der Waals surface area contributed by atoms with Gasteiger partial charge in [0.25, 0.3) is 0 Å². The number of aliphatic hydroxyl groups is 1. The minimum Gasteiger partial charge on any atom is -0.388 e. The standard InChI is InChI=1S/C27H31FN6O3S/c1-20-18-22(6-9-24(20)28)30-25-10-13-29-26(32-25)31-21-4-7-23(8-5-21)38(36,37)34-16-11-27(35,12-17-34)19-33-14-2-3-15-33/h2-10,13,18,35H,11-12,14-17,19H2,1H3,(H2,29,30,31,32). The first-order valence-electron chi connectivity index (χ1n) is 12.5. The van der Waals surface area contributed by atoms with Crippen LogP contribution in [0.4, 0.5) is 27.5 Å². The predicted molar refractivity (Wildman–Crippen MR) is 145 cm³/mol. The molecular formula is C27H31FN6O3S. The number of rotatable bonds is 8. The molecule has 2 aliphatic heterocycles. The number of aryl methyl sites for hydroxylation is 1. The number of nitrogens with zero attached hydrogens (tertiary/aromatic N) is 4. The molecule has 0 amide bonds. The maximum Gasteiger partial charge on any atom is 0.243 e. The van der Waals surface area contributed by atoms with E-state index in [4.69, 9.17) is 0 Å². The van der Waals surface area contributed by atoms with E-state index in [-0.39, 0.29) is 23.8 Å². The Morgan fingerprint density at radius 1 is 1.00 bits per heavy atom. The number of nitrogens with one attached hydrogen (secondary N) is 2. The van der Waals surface area contributed by atoms with Crippen molar-refractivity contribution in [2.24, 2.45) is 0 Å². The highest BCUT2D eigenvalue weighted by atomic mass is 32.2. The number of β-amino-alcohol motifs (C(OH)–C–C–N with tert-alkyl or cyclic N) is 1. The van der Waals surface area contributed by atoms with Crippen molar-refractivity contribution < 1.29 is 17.9 Å². The molecule has 0 atom stereocenters. The fourth-order valence-corrected chi connectivity index (χ4v) is 6.16. The minimum atomic E-state index is -3.68. The summed E-state index contributed by atoms with van der Waals surface area (Å²) in [5.41, 5.74) is 0.987. The van der Waals surface area contributed by atoms with E-state index in [0.29, 0.717) is 48.1 Å². The molecule has 11 heteroatoms. The Labute approximate surface area is 222 Å². The summed E-state index contributed by atoms with van der Waals surface area (Å²) in [6.45, 7) is 4.45. The van der Waals surface area contributed by atoms with Gasteiger partial charge in [-0.3, -0.25) is 4.90 Å². The number of piperidine rings is 1. The molecule has 0 radical (unpaired) electrons. The second-order valence-electron chi connectivity index (χ2n) is 9.80. The van der Waals surface area contributed by atoms with E-state index in [9.17, 15) is 17.9 Å². The molecule has 0 aliphatic carbocycles. The van der Waals surface area contributed by atoms with Crippen molar-refractivity contribution in [3.05, 3.63) is 78.3 Å². The fraction of sp³-hybridized carbons (Fsp3) is 0.333. The molecule has 9 nitrogen and oxygen atoms in total. The zero-order valence-corrected chi connectivity index (χ0v) is 22.0. The van der Waals surface area contributed by atoms with Gasteiger partial charge in [-0.05, 0) is 73.9 Å². The summed E-state index contributed by atoms with van der Waals surface area (Å²) in [7, 11) is -3.68. The lowest BCUT2D eigenvalue weighted by molar-refractivity contribution is -0.0274. The third-order valence-electron chi connectivity index (χ3n) is 6.90. The number of hydrogen-bond acceptors (Lipinski definition) is 8. The largest absolute Gasteiger partial charge is 0.388 e. The van der Waals surface area contributed by atoms with Crippen LogP contribution < -0.4 is 10.6 Å². The average molecular weight is 539 g/mol. The van der Waals surface area contributed by atoms with E-state index < -0.39 is 15.6 Å². The molecule has 1 aromatic heterocycles. The summed E-state index contributed by atoms with van der Waals surface area (Å²) in [4.78, 5) is 11.0. The van der Waals surface area contributed by atoms with E-state index in [2.05, 4.69) is 37.7 Å². The zero-order chi connectivity index (χ0) is 26.8. The second kappa shape index (κ2) is 10.8. The van der Waals surface area contributed by atoms with Gasteiger partial charge in [0, 0.05) is 50.3 Å². The zero-order valence-electron chi connectivity index (χ0n) is 21.1. The first-order valence-corrected chi connectivity index (χ1v) is 14.0. The Bertz CT molecular complexity index is 1410. The summed E-state index contributed by atoms with van der Waals surface area (Å²) in [6.07, 6.45) is 6.56. The van der Waals surface area contributed by atoms with Crippen LogP contribution in [-0.2, 0) is 10.0 Å². The predicted octanol–water partition coefficient (Wildman–Crippen LogP) is 3.80. The number of aromatic nitrogens is 2. The molecule has 0 spiro atoms. The molecular weight excluding hydrogens is 507 g/mol. The van der Waals surface area contributed by atoms with Gasteiger partial charge in [0.05, 0.1) is 10.5 Å². The molecule has 2 aliphatic rings. The van der Waals surface area contributed by atoms with Crippen molar-refractivity contribution >= 4 is 33.2 Å². The highest BCUT2D eigenvalue weighted by molar-refractivity contribution is 7.89. The van der Waals surface area contributed by atoms with Gasteiger partial charge in [-0.25, -0.2) is 17.8 Å². The molecule has 38 heavy (non-hydrogen) atoms. The van der Waals surface area contributed by atoms with Gasteiger partial charge in [-0.15, -0.1) is 0 Å². The minimum absolute atomic E-state index is 0.195. The number of anilines is 4. The van der Waals surface area contributed by atoms with Crippen LogP contribution in [0.1, 0.15) is 18.4 Å². The first-order chi connectivity index (χ1) is 18.2. The molecule has 3 N–H and O–H groups in total. The molecule has 2 aromatic carbocycles. The van der Waals surface area contributed by atoms with E-state index >= 15 is 0 Å². The third-order valence-corrected chi connectivity index (χ3v) is 8.81. The molecule has 0 bridgehead atoms. The Kier molecular flexibility index (Phi) is 7.44. The van der Waals surface area contributed by atoms with Crippen molar-refractivity contribution in [3.8, 4) is 0 Å². The molecule has 0 saturated carbocycles. The number of hydrogen-bond donors (Lipinski definition) is 3. The molecule has 5 rings (SSSR count). The number of benzene rings is 2. The molecule has 1 fully saturated rings. The Morgan fingerprint density at radius 3 is 2.37 bits per heavy atom. The lowest BCUT2D eigenvalue weighted by Gasteiger charge is -2.39. The smallest absolute Gasteiger partial charge is 0.243 e. The van der Waals surface area contributed by atoms with Gasteiger partial charge in [-0.1, -0.05) is 12.2 Å². The summed E-state index contributed by atoms with van der Waals surface area (Å²) >= 11 is 0. The SMILES string of the molecule is Cc1cc(Nc2ccnc(Nc3ccc(S(=O)(=O)N4CCC(O)(CN5CC=CC5)CC4)cc3)n2)ccc1F. The van der Waals surface area contributed by atoms with Crippen molar-refractivity contribution in [1.82, 2.24) is 19.2 Å². The van der Waals surface area contributed by atoms with Crippen molar-refractivity contribution in [2.45, 2.75) is 30.3 Å². The van der Waals surface area contributed by atoms with Gasteiger partial charge in [0.1, 0.15) is 11.6 Å². The van der Waals surface area contributed by atoms with Gasteiger partial charge in [0.15, 0.2) is 0 Å². The topological polar surface area (TPSA) is 111 Å². The van der Waals surface area contributed by atoms with Gasteiger partial charge >= 0.3 is 0 Å². The molecule has 0 unspecified atom stereocenters. The van der Waals surface area contributed by atoms with Crippen LogP contribution in [0, 0.1) is 12.7 Å². The highest BCUT2D eigenvalue weighted by Gasteiger charge is 2.38. The lowest BCUT2D eigenvalue weighted by atomic mass is 9.92. The van der Waals surface area contributed by atoms with Gasteiger partial charge < -0.3 is 15.7 Å². The van der Waals surface area contributed by atoms with Crippen LogP contribution in [0.2, 0.25) is 0 Å². The monoisotopic (exact) mass is 538 g/mol. The maximum atomic E-state index is 13.5. The fourth-order valence-electron chi connectivity index (χ4n) is 4.72. The summed E-state index contributed by atoms with van der Waals surface area (Å²) in [5, 5.41) is 17.2. The number of sulfonamides is 1. The van der Waals surface area contributed by atoms with Crippen LogP contribution in [0.3, 0.4) is 0 Å². The van der Waals surface area contributed by atoms with E-state index in [1.807, 2.05) is 0 Å². The van der Waals surface area contributed by atoms with Gasteiger partial charge in [-0.2, -0.15) is 9.29 Å². The first kappa shape index (κ1) is 26.2. The number of halogens is 1. The van der Waals surface area contributed by atoms with Crippen molar-refractivity contribution in [1.29, 1.82) is 0 Å². The van der Waals surface area contributed by atoms with E-state index in [1.165, 1.54) is 10.4 Å². The third kappa shape index (κ3) is 6.02. The summed E-state index contributed by atoms with van der Waals surface area (Å²) in [5.74, 6) is 0.579. The van der Waals surface area contributed by atoms with Crippen LogP contribution >= 0.6 is 0 Å². The van der Waals surface area contributed by atoms with Crippen LogP contribution in [0.25, 0.3) is 0 Å². The quantitative estimate of drug-likeness (QED) is 0.372. The Hall–Kier alpha value is -3.38. The highest BCUT2D eigenvalue weighted by Crippen LogP contribution is 2.29. The Balaban J connectivity index is 1.20. The van der Waals surface area contributed by atoms with E-state index in [0.717, 1.165) is 13.1 Å². The molecule has 3 aromatic rings. The molecule has 3 heterocycles.